The Bertz CT molecular complexity index is 281. The predicted molar refractivity (Wildman–Crippen MR) is 55.1 cm³/mol. The molecule has 0 bridgehead atoms. The van der Waals surface area contributed by atoms with Gasteiger partial charge in [0.25, 0.3) is 0 Å². The number of hydrogen-bond acceptors (Lipinski definition) is 3. The second kappa shape index (κ2) is 5.50. The zero-order chi connectivity index (χ0) is 8.27. The van der Waals surface area contributed by atoms with Crippen LogP contribution >= 0.6 is 28.3 Å². The Hall–Kier alpha value is -0.130. The first-order valence-corrected chi connectivity index (χ1v) is 4.26. The maximum absolute atomic E-state index is 7.50. The second-order valence-corrected chi connectivity index (χ2v) is 3.57. The van der Waals surface area contributed by atoms with Crippen LogP contribution in [-0.2, 0) is 11.3 Å². The lowest BCUT2D eigenvalue weighted by Gasteiger charge is -1.98. The average Bonchev–Trinajstić information content (AvgIpc) is 2.26. The van der Waals surface area contributed by atoms with E-state index in [-0.39, 0.29) is 17.0 Å². The Balaban J connectivity index is 0.00000121. The molecule has 0 spiro atoms. The minimum absolute atomic E-state index is 0. The largest absolute Gasteiger partial charge is 0.383 e. The first kappa shape index (κ1) is 11.9. The van der Waals surface area contributed by atoms with Gasteiger partial charge >= 0.3 is 0 Å². The van der Waals surface area contributed by atoms with Crippen molar-refractivity contribution in [1.29, 1.82) is 5.41 Å². The molecule has 0 saturated carbocycles. The molecule has 0 unspecified atom stereocenters. The van der Waals surface area contributed by atoms with Crippen molar-refractivity contribution in [2.24, 2.45) is 0 Å². The van der Waals surface area contributed by atoms with Crippen LogP contribution < -0.4 is 4.80 Å². The van der Waals surface area contributed by atoms with Crippen LogP contribution in [-0.4, -0.2) is 18.3 Å². The van der Waals surface area contributed by atoms with Gasteiger partial charge in [0, 0.05) is 24.7 Å². The number of aryl methyl sites for hydroxylation is 1. The molecule has 1 aromatic rings. The molecular formula is C7H13BrN2OS. The lowest BCUT2D eigenvalue weighted by Crippen LogP contribution is -2.14. The number of methoxy groups -OCH3 is 1. The molecule has 1 rings (SSSR count). The predicted octanol–water partition coefficient (Wildman–Crippen LogP) is 1.56. The smallest absolute Gasteiger partial charge is 0.182 e. The van der Waals surface area contributed by atoms with E-state index in [1.165, 1.54) is 16.2 Å². The fourth-order valence-corrected chi connectivity index (χ4v) is 1.62. The molecule has 0 saturated heterocycles. The van der Waals surface area contributed by atoms with Crippen LogP contribution in [0.25, 0.3) is 0 Å². The number of thiazole rings is 1. The standard InChI is InChI=1S/C7H12N2OS.BrH/c1-6-5-9(3-4-10-2)7(8)11-6;/h5,8H,3-4H2,1-2H3;1H. The summed E-state index contributed by atoms with van der Waals surface area (Å²) in [5, 5.41) is 7.50. The van der Waals surface area contributed by atoms with Gasteiger partial charge in [0.1, 0.15) is 0 Å². The van der Waals surface area contributed by atoms with Crippen LogP contribution in [0.4, 0.5) is 0 Å². The van der Waals surface area contributed by atoms with Gasteiger partial charge in [-0.2, -0.15) is 0 Å². The molecule has 70 valence electrons. The van der Waals surface area contributed by atoms with E-state index in [1.54, 1.807) is 7.11 Å². The third-order valence-electron chi connectivity index (χ3n) is 1.39. The quantitative estimate of drug-likeness (QED) is 0.872. The van der Waals surface area contributed by atoms with Gasteiger partial charge in [0.2, 0.25) is 0 Å². The first-order chi connectivity index (χ1) is 5.24. The maximum Gasteiger partial charge on any atom is 0.182 e. The lowest BCUT2D eigenvalue weighted by molar-refractivity contribution is 0.186. The van der Waals surface area contributed by atoms with E-state index >= 15 is 0 Å². The van der Waals surface area contributed by atoms with Gasteiger partial charge in [-0.3, -0.25) is 5.41 Å². The fourth-order valence-electron chi connectivity index (χ4n) is 0.871. The van der Waals surface area contributed by atoms with Crippen molar-refractivity contribution in [3.8, 4) is 0 Å². The van der Waals surface area contributed by atoms with E-state index in [1.807, 2.05) is 17.7 Å². The molecule has 12 heavy (non-hydrogen) atoms. The van der Waals surface area contributed by atoms with E-state index in [0.29, 0.717) is 11.4 Å². The summed E-state index contributed by atoms with van der Waals surface area (Å²) < 4.78 is 6.80. The Morgan fingerprint density at radius 2 is 2.33 bits per heavy atom. The number of nitrogens with one attached hydrogen (secondary N) is 1. The molecule has 0 atom stereocenters. The Labute approximate surface area is 86.3 Å². The number of halogens is 1. The summed E-state index contributed by atoms with van der Waals surface area (Å²) in [6, 6.07) is 0. The minimum Gasteiger partial charge on any atom is -0.383 e. The SMILES string of the molecule is Br.COCCn1cc(C)sc1=N. The van der Waals surface area contributed by atoms with E-state index < -0.39 is 0 Å². The van der Waals surface area contributed by atoms with Crippen molar-refractivity contribution < 1.29 is 4.74 Å². The molecule has 3 nitrogen and oxygen atoms in total. The lowest BCUT2D eigenvalue weighted by atomic mass is 10.6. The third-order valence-corrected chi connectivity index (χ3v) is 2.25. The molecule has 0 amide bonds. The van der Waals surface area contributed by atoms with Gasteiger partial charge in [0.05, 0.1) is 6.61 Å². The second-order valence-electron chi connectivity index (χ2n) is 2.33. The van der Waals surface area contributed by atoms with Gasteiger partial charge in [-0.1, -0.05) is 0 Å². The van der Waals surface area contributed by atoms with Gasteiger partial charge in [-0.25, -0.2) is 0 Å². The van der Waals surface area contributed by atoms with Gasteiger partial charge in [0.15, 0.2) is 4.80 Å². The topological polar surface area (TPSA) is 38.0 Å². The molecular weight excluding hydrogens is 240 g/mol. The van der Waals surface area contributed by atoms with Crippen molar-refractivity contribution in [2.45, 2.75) is 13.5 Å². The number of hydrogen-bond donors (Lipinski definition) is 1. The zero-order valence-corrected chi connectivity index (χ0v) is 9.69. The molecule has 0 aliphatic carbocycles. The summed E-state index contributed by atoms with van der Waals surface area (Å²) in [5.74, 6) is 0. The zero-order valence-electron chi connectivity index (χ0n) is 7.16. The van der Waals surface area contributed by atoms with Gasteiger partial charge < -0.3 is 9.30 Å². The van der Waals surface area contributed by atoms with Crippen LogP contribution in [0.5, 0.6) is 0 Å². The summed E-state index contributed by atoms with van der Waals surface area (Å²) >= 11 is 1.49. The van der Waals surface area contributed by atoms with E-state index in [9.17, 15) is 0 Å². The van der Waals surface area contributed by atoms with E-state index in [0.717, 1.165) is 6.54 Å². The van der Waals surface area contributed by atoms with Crippen LogP contribution in [0.2, 0.25) is 0 Å². The molecule has 0 aliphatic heterocycles. The van der Waals surface area contributed by atoms with Crippen molar-refractivity contribution in [3.05, 3.63) is 15.9 Å². The first-order valence-electron chi connectivity index (χ1n) is 3.44. The highest BCUT2D eigenvalue weighted by Gasteiger charge is 1.95. The monoisotopic (exact) mass is 252 g/mol. The van der Waals surface area contributed by atoms with E-state index in [4.69, 9.17) is 10.1 Å². The highest BCUT2D eigenvalue weighted by atomic mass is 79.9. The third kappa shape index (κ3) is 3.08. The van der Waals surface area contributed by atoms with Crippen LogP contribution in [0.3, 0.4) is 0 Å². The Morgan fingerprint density at radius 3 is 2.75 bits per heavy atom. The molecule has 0 aliphatic rings. The van der Waals surface area contributed by atoms with Crippen LogP contribution in [0.1, 0.15) is 4.88 Å². The molecule has 0 radical (unpaired) electrons. The minimum atomic E-state index is 0. The van der Waals surface area contributed by atoms with Crippen LogP contribution in [0, 0.1) is 12.3 Å². The van der Waals surface area contributed by atoms with Crippen molar-refractivity contribution in [3.63, 3.8) is 0 Å². The summed E-state index contributed by atoms with van der Waals surface area (Å²) in [4.78, 5) is 1.77. The Morgan fingerprint density at radius 1 is 1.67 bits per heavy atom. The number of ether oxygens (including phenoxy) is 1. The highest BCUT2D eigenvalue weighted by Crippen LogP contribution is 1.99. The van der Waals surface area contributed by atoms with Gasteiger partial charge in [-0.15, -0.1) is 28.3 Å². The maximum atomic E-state index is 7.50. The summed E-state index contributed by atoms with van der Waals surface area (Å²) in [6.07, 6.45) is 1.98. The Kier molecular flexibility index (Phi) is 5.44. The van der Waals surface area contributed by atoms with Crippen molar-refractivity contribution in [1.82, 2.24) is 4.57 Å². The average molecular weight is 253 g/mol. The highest BCUT2D eigenvalue weighted by molar-refractivity contribution is 8.93. The summed E-state index contributed by atoms with van der Waals surface area (Å²) in [6.45, 7) is 3.46. The number of nitrogens with zero attached hydrogens (tertiary/aromatic N) is 1. The van der Waals surface area contributed by atoms with Crippen molar-refractivity contribution in [2.75, 3.05) is 13.7 Å². The fraction of sp³-hybridized carbons (Fsp3) is 0.571. The van der Waals surface area contributed by atoms with Crippen molar-refractivity contribution >= 4 is 28.3 Å². The normalized spacial score (nSPS) is 9.50. The summed E-state index contributed by atoms with van der Waals surface area (Å²) in [5.41, 5.74) is 0. The summed E-state index contributed by atoms with van der Waals surface area (Å²) in [7, 11) is 1.67. The molecule has 1 N–H and O–H groups in total. The van der Waals surface area contributed by atoms with E-state index in [2.05, 4.69) is 0 Å². The molecule has 5 heteroatoms. The number of aromatic nitrogens is 1. The molecule has 1 heterocycles. The molecule has 1 aromatic heterocycles. The van der Waals surface area contributed by atoms with Crippen LogP contribution in [0.15, 0.2) is 6.20 Å². The molecule has 0 aromatic carbocycles. The van der Waals surface area contributed by atoms with Gasteiger partial charge in [-0.05, 0) is 6.92 Å². The molecule has 0 fully saturated rings. The number of rotatable bonds is 3.